The second-order valence-corrected chi connectivity index (χ2v) is 16.6. The van der Waals surface area contributed by atoms with Crippen molar-refractivity contribution in [1.29, 1.82) is 0 Å². The van der Waals surface area contributed by atoms with Gasteiger partial charge in [-0.3, -0.25) is 9.78 Å². The molecule has 3 aliphatic rings. The van der Waals surface area contributed by atoms with Gasteiger partial charge >= 0.3 is 0 Å². The number of aliphatic hydroxyl groups is 1. The van der Waals surface area contributed by atoms with E-state index >= 15 is 0 Å². The van der Waals surface area contributed by atoms with Crippen LogP contribution in [0.25, 0.3) is 10.8 Å². The van der Waals surface area contributed by atoms with Crippen molar-refractivity contribution >= 4 is 54.1 Å². The van der Waals surface area contributed by atoms with Gasteiger partial charge in [-0.05, 0) is 78.8 Å². The van der Waals surface area contributed by atoms with Crippen molar-refractivity contribution in [2.75, 3.05) is 57.0 Å². The number of likely N-dealkylation sites (tertiary alicyclic amines) is 1. The van der Waals surface area contributed by atoms with Gasteiger partial charge in [-0.2, -0.15) is 12.7 Å². The van der Waals surface area contributed by atoms with Crippen LogP contribution in [-0.2, 0) is 29.1 Å². The first-order chi connectivity index (χ1) is 22.4. The molecule has 12 nitrogen and oxygen atoms in total. The normalized spacial score (nSPS) is 23.1. The summed E-state index contributed by atoms with van der Waals surface area (Å²) in [7, 11) is -8.64. The minimum atomic E-state index is -4.40. The van der Waals surface area contributed by atoms with E-state index in [2.05, 4.69) is 14.8 Å². The van der Waals surface area contributed by atoms with Crippen LogP contribution in [0.5, 0.6) is 0 Å². The van der Waals surface area contributed by atoms with E-state index in [4.69, 9.17) is 15.8 Å². The van der Waals surface area contributed by atoms with E-state index < -0.39 is 44.4 Å². The number of carbonyl (C=O) groups is 1. The third-order valence-corrected chi connectivity index (χ3v) is 11.9. The van der Waals surface area contributed by atoms with Gasteiger partial charge in [-0.15, -0.1) is 0 Å². The molecule has 1 aromatic heterocycles. The number of nitrogens with zero attached hydrogens (tertiary/aromatic N) is 5. The van der Waals surface area contributed by atoms with E-state index in [-0.39, 0.29) is 17.4 Å². The van der Waals surface area contributed by atoms with Gasteiger partial charge in [-0.25, -0.2) is 12.6 Å². The molecule has 15 heteroatoms. The molecule has 0 bridgehead atoms. The molecule has 2 unspecified atom stereocenters. The molecular weight excluding hydrogens is 666 g/mol. The molecular formula is C32H40ClN5O7S2. The summed E-state index contributed by atoms with van der Waals surface area (Å²) in [5.74, 6) is -0.575. The highest BCUT2D eigenvalue weighted by atomic mass is 35.5. The zero-order valence-electron chi connectivity index (χ0n) is 26.2. The third-order valence-electron chi connectivity index (χ3n) is 9.36. The van der Waals surface area contributed by atoms with Crippen molar-refractivity contribution in [3.8, 4) is 0 Å². The Hall–Kier alpha value is -2.85. The molecule has 3 fully saturated rings. The Labute approximate surface area is 281 Å². The topological polar surface area (TPSA) is 141 Å². The predicted molar refractivity (Wildman–Crippen MR) is 179 cm³/mol. The zero-order valence-corrected chi connectivity index (χ0v) is 28.6. The predicted octanol–water partition coefficient (Wildman–Crippen LogP) is 2.77. The zero-order chi connectivity index (χ0) is 33.3. The van der Waals surface area contributed by atoms with E-state index in [1.807, 2.05) is 12.1 Å². The molecule has 47 heavy (non-hydrogen) atoms. The number of fused-ring (bicyclic) bond motifs is 1. The average molecular weight is 706 g/mol. The van der Waals surface area contributed by atoms with Crippen molar-refractivity contribution in [3.63, 3.8) is 0 Å². The monoisotopic (exact) mass is 705 g/mol. The van der Waals surface area contributed by atoms with Gasteiger partial charge in [0.2, 0.25) is 16.3 Å². The number of hydrogen-bond acceptors (Lipinski definition) is 10. The van der Waals surface area contributed by atoms with Gasteiger partial charge in [0.1, 0.15) is 0 Å². The van der Waals surface area contributed by atoms with E-state index in [1.54, 1.807) is 41.6 Å². The Bertz CT molecular complexity index is 1800. The number of anilines is 1. The molecule has 254 valence electrons. The smallest absolute Gasteiger partial charge is 0.269 e. The van der Waals surface area contributed by atoms with E-state index in [0.717, 1.165) is 47.6 Å². The average Bonchev–Trinajstić information content (AvgIpc) is 3.04. The minimum absolute atomic E-state index is 0.0843. The Morgan fingerprint density at radius 1 is 0.894 bits per heavy atom. The summed E-state index contributed by atoms with van der Waals surface area (Å²) in [5, 5.41) is 12.0. The van der Waals surface area contributed by atoms with Crippen LogP contribution in [0.2, 0.25) is 5.02 Å². The summed E-state index contributed by atoms with van der Waals surface area (Å²) >= 11 is 6.12. The number of aromatic nitrogens is 1. The van der Waals surface area contributed by atoms with Crippen LogP contribution in [0.15, 0.2) is 65.8 Å². The number of aliphatic hydroxyl groups excluding tert-OH is 1. The lowest BCUT2D eigenvalue weighted by atomic mass is 9.94. The summed E-state index contributed by atoms with van der Waals surface area (Å²) in [4.78, 5) is 24.4. The fraction of sp³-hybridized carbons (Fsp3) is 0.500. The van der Waals surface area contributed by atoms with Crippen LogP contribution < -0.4 is 4.90 Å². The molecule has 2 aromatic carbocycles. The quantitative estimate of drug-likeness (QED) is 0.331. The van der Waals surface area contributed by atoms with E-state index in [9.17, 15) is 26.7 Å². The fourth-order valence-electron chi connectivity index (χ4n) is 6.82. The van der Waals surface area contributed by atoms with Crippen LogP contribution in [0.1, 0.15) is 25.7 Å². The lowest BCUT2D eigenvalue weighted by molar-refractivity contribution is -0.155. The molecule has 3 aliphatic heterocycles. The summed E-state index contributed by atoms with van der Waals surface area (Å²) in [6.07, 6.45) is 4.81. The Balaban J connectivity index is 1.30. The standard InChI is InChI=1S/C32H40ClN5O7S2/c1-46(41,42)45-32-31(40)37(20-23-8-16-36(17-9-23)27-6-12-34-13-7-27)28(21-35-14-10-29(39)11-15-35)22-38(32)47(43,44)30-5-3-24-18-26(33)4-2-25(24)19-30/h2-7,12-13,18-19,23,28-29,32,39H,8-11,14-17,20-22H2,1H3. The van der Waals surface area contributed by atoms with Gasteiger partial charge in [0.25, 0.3) is 16.0 Å². The number of benzene rings is 2. The highest BCUT2D eigenvalue weighted by Crippen LogP contribution is 2.32. The SMILES string of the molecule is CS(=O)(=O)OC1C(=O)N(CC2CCN(c3ccncc3)CC2)C(CN2CCC(O)CC2)CN1S(=O)(=O)c1ccc2cc(Cl)ccc2c1. The third kappa shape index (κ3) is 7.90. The first-order valence-electron chi connectivity index (χ1n) is 15.8. The highest BCUT2D eigenvalue weighted by molar-refractivity contribution is 7.89. The van der Waals surface area contributed by atoms with Crippen LogP contribution in [0, 0.1) is 5.92 Å². The van der Waals surface area contributed by atoms with E-state index in [0.29, 0.717) is 49.4 Å². The lowest BCUT2D eigenvalue weighted by Crippen LogP contribution is -2.67. The van der Waals surface area contributed by atoms with Crippen LogP contribution in [-0.4, -0.2) is 117 Å². The number of piperidine rings is 2. The number of rotatable bonds is 9. The number of sulfonamides is 1. The number of halogens is 1. The summed E-state index contributed by atoms with van der Waals surface area (Å²) in [6.45, 7) is 3.34. The molecule has 6 rings (SSSR count). The van der Waals surface area contributed by atoms with Crippen LogP contribution >= 0.6 is 11.6 Å². The van der Waals surface area contributed by atoms with Gasteiger partial charge < -0.3 is 19.8 Å². The maximum atomic E-state index is 14.3. The number of pyridine rings is 1. The minimum Gasteiger partial charge on any atom is -0.393 e. The van der Waals surface area contributed by atoms with Gasteiger partial charge in [0.15, 0.2) is 0 Å². The number of hydrogen-bond donors (Lipinski definition) is 1. The van der Waals surface area contributed by atoms with Crippen molar-refractivity contribution in [2.45, 2.75) is 49.0 Å². The molecule has 0 radical (unpaired) electrons. The molecule has 0 saturated carbocycles. The summed E-state index contributed by atoms with van der Waals surface area (Å²) in [5.41, 5.74) is 1.08. The van der Waals surface area contributed by atoms with Crippen LogP contribution in [0.4, 0.5) is 5.69 Å². The second-order valence-electron chi connectivity index (χ2n) is 12.7. The maximum absolute atomic E-state index is 14.3. The highest BCUT2D eigenvalue weighted by Gasteiger charge is 2.49. The summed E-state index contributed by atoms with van der Waals surface area (Å²) < 4.78 is 59.8. The molecule has 0 aliphatic carbocycles. The summed E-state index contributed by atoms with van der Waals surface area (Å²) in [6, 6.07) is 13.0. The Morgan fingerprint density at radius 2 is 1.55 bits per heavy atom. The molecule has 0 spiro atoms. The Kier molecular flexibility index (Phi) is 10.1. The van der Waals surface area contributed by atoms with Crippen molar-refractivity contribution in [3.05, 3.63) is 65.9 Å². The maximum Gasteiger partial charge on any atom is 0.269 e. The van der Waals surface area contributed by atoms with Crippen molar-refractivity contribution in [1.82, 2.24) is 19.1 Å². The largest absolute Gasteiger partial charge is 0.393 e. The molecule has 2 atom stereocenters. The first-order valence-corrected chi connectivity index (χ1v) is 19.5. The van der Waals surface area contributed by atoms with Crippen molar-refractivity contribution < 1.29 is 30.9 Å². The van der Waals surface area contributed by atoms with Crippen LogP contribution in [0.3, 0.4) is 0 Å². The van der Waals surface area contributed by atoms with E-state index in [1.165, 1.54) is 12.1 Å². The first kappa shape index (κ1) is 34.0. The van der Waals surface area contributed by atoms with Gasteiger partial charge in [0.05, 0.1) is 23.3 Å². The molecule has 1 N–H and O–H groups in total. The number of carbonyl (C=O) groups excluding carboxylic acids is 1. The Morgan fingerprint density at radius 3 is 2.23 bits per heavy atom. The molecule has 4 heterocycles. The molecule has 1 amide bonds. The second kappa shape index (κ2) is 13.9. The molecule has 3 saturated heterocycles. The number of piperazine rings is 1. The number of amides is 1. The van der Waals surface area contributed by atoms with Crippen molar-refractivity contribution in [2.24, 2.45) is 5.92 Å². The fourth-order valence-corrected chi connectivity index (χ4v) is 9.11. The lowest BCUT2D eigenvalue weighted by Gasteiger charge is -2.47. The molecule has 3 aromatic rings. The van der Waals surface area contributed by atoms with Gasteiger partial charge in [-0.1, -0.05) is 23.7 Å². The van der Waals surface area contributed by atoms with Gasteiger partial charge in [0, 0.05) is 68.9 Å².